The summed E-state index contributed by atoms with van der Waals surface area (Å²) in [4.78, 5) is 35.0. The largest absolute Gasteiger partial charge is 0.469 e. The Balaban J connectivity index is 1.71. The third-order valence-corrected chi connectivity index (χ3v) is 4.62. The highest BCUT2D eigenvalue weighted by Gasteiger charge is 2.16. The Hall–Kier alpha value is -3.36. The van der Waals surface area contributed by atoms with Crippen molar-refractivity contribution in [1.29, 1.82) is 0 Å². The smallest absolute Gasteiger partial charge is 0.412 e. The van der Waals surface area contributed by atoms with Crippen LogP contribution in [0.1, 0.15) is 64.9 Å². The van der Waals surface area contributed by atoms with Gasteiger partial charge in [-0.1, -0.05) is 25.0 Å². The van der Waals surface area contributed by atoms with Crippen LogP contribution in [0.2, 0.25) is 0 Å². The molecule has 0 bridgehead atoms. The molecule has 33 heavy (non-hydrogen) atoms. The monoisotopic (exact) mass is 458 g/mol. The topological polar surface area (TPSA) is 112 Å². The summed E-state index contributed by atoms with van der Waals surface area (Å²) in [6.45, 7) is 5.97. The molecule has 2 rings (SSSR count). The molecule has 2 aromatic rings. The first-order valence-corrected chi connectivity index (χ1v) is 11.1. The van der Waals surface area contributed by atoms with Crippen LogP contribution in [0.5, 0.6) is 0 Å². The van der Waals surface area contributed by atoms with Crippen LogP contribution in [-0.2, 0) is 25.6 Å². The van der Waals surface area contributed by atoms with Crippen LogP contribution >= 0.6 is 0 Å². The molecule has 0 spiro atoms. The van der Waals surface area contributed by atoms with Gasteiger partial charge in [-0.05, 0) is 51.3 Å². The second-order valence-electron chi connectivity index (χ2n) is 8.79. The van der Waals surface area contributed by atoms with Gasteiger partial charge in [-0.25, -0.2) is 4.79 Å². The number of nitrogens with one attached hydrogen (secondary N) is 2. The van der Waals surface area contributed by atoms with Crippen molar-refractivity contribution < 1.29 is 23.9 Å². The predicted molar refractivity (Wildman–Crippen MR) is 126 cm³/mol. The summed E-state index contributed by atoms with van der Waals surface area (Å²) in [7, 11) is 1.39. The molecule has 0 saturated carbocycles. The average molecular weight is 459 g/mol. The molecule has 0 fully saturated rings. The lowest BCUT2D eigenvalue weighted by atomic mass is 10.1. The lowest BCUT2D eigenvalue weighted by molar-refractivity contribution is -0.140. The molecule has 0 atom stereocenters. The number of unbranched alkanes of at least 4 members (excludes halogenated alkanes) is 3. The fraction of sp³-hybridized carbons (Fsp3) is 0.500. The molecule has 1 aromatic heterocycles. The van der Waals surface area contributed by atoms with Crippen LogP contribution in [0, 0.1) is 0 Å². The Morgan fingerprint density at radius 1 is 0.939 bits per heavy atom. The molecule has 0 saturated heterocycles. The molecule has 0 aliphatic carbocycles. The minimum atomic E-state index is -0.553. The number of esters is 1. The van der Waals surface area contributed by atoms with E-state index in [1.807, 2.05) is 32.9 Å². The number of nitrogens with zero attached hydrogens (tertiary/aromatic N) is 2. The van der Waals surface area contributed by atoms with Gasteiger partial charge in [-0.2, -0.15) is 5.10 Å². The third-order valence-electron chi connectivity index (χ3n) is 4.62. The van der Waals surface area contributed by atoms with Crippen molar-refractivity contribution >= 4 is 29.3 Å². The number of methoxy groups -OCH3 is 1. The van der Waals surface area contributed by atoms with Gasteiger partial charge < -0.3 is 14.8 Å². The maximum Gasteiger partial charge on any atom is 0.412 e. The number of anilines is 2. The minimum Gasteiger partial charge on any atom is -0.469 e. The predicted octanol–water partition coefficient (Wildman–Crippen LogP) is 4.73. The first-order valence-electron chi connectivity index (χ1n) is 11.1. The molecule has 9 heteroatoms. The van der Waals surface area contributed by atoms with E-state index in [2.05, 4.69) is 20.5 Å². The lowest BCUT2D eigenvalue weighted by Gasteiger charge is -2.19. The summed E-state index contributed by atoms with van der Waals surface area (Å²) >= 11 is 0. The summed E-state index contributed by atoms with van der Waals surface area (Å²) in [5.74, 6) is -0.252. The van der Waals surface area contributed by atoms with Crippen LogP contribution in [0.15, 0.2) is 36.7 Å². The molecule has 0 aliphatic rings. The van der Waals surface area contributed by atoms with Gasteiger partial charge in [0, 0.05) is 24.7 Å². The quantitative estimate of drug-likeness (QED) is 0.372. The maximum atomic E-state index is 12.1. The van der Waals surface area contributed by atoms with Gasteiger partial charge in [0.05, 0.1) is 25.5 Å². The van der Waals surface area contributed by atoms with E-state index < -0.39 is 11.7 Å². The van der Waals surface area contributed by atoms with Gasteiger partial charge in [-0.3, -0.25) is 19.6 Å². The molecule has 9 nitrogen and oxygen atoms in total. The second-order valence-corrected chi connectivity index (χ2v) is 8.79. The van der Waals surface area contributed by atoms with Gasteiger partial charge >= 0.3 is 12.1 Å². The van der Waals surface area contributed by atoms with Crippen molar-refractivity contribution in [3.63, 3.8) is 0 Å². The summed E-state index contributed by atoms with van der Waals surface area (Å²) in [5, 5.41) is 9.85. The van der Waals surface area contributed by atoms with Crippen LogP contribution in [0.25, 0.3) is 0 Å². The van der Waals surface area contributed by atoms with E-state index in [-0.39, 0.29) is 11.9 Å². The highest BCUT2D eigenvalue weighted by molar-refractivity contribution is 5.90. The van der Waals surface area contributed by atoms with E-state index in [9.17, 15) is 14.4 Å². The van der Waals surface area contributed by atoms with Gasteiger partial charge in [0.15, 0.2) is 0 Å². The van der Waals surface area contributed by atoms with E-state index in [1.54, 1.807) is 29.2 Å². The number of ether oxygens (including phenoxy) is 2. The average Bonchev–Trinajstić information content (AvgIpc) is 3.17. The first kappa shape index (κ1) is 25.9. The Kier molecular flexibility index (Phi) is 9.90. The molecule has 1 aromatic carbocycles. The van der Waals surface area contributed by atoms with E-state index in [0.717, 1.165) is 31.2 Å². The summed E-state index contributed by atoms with van der Waals surface area (Å²) in [6, 6.07) is 7.40. The van der Waals surface area contributed by atoms with Crippen molar-refractivity contribution in [2.45, 2.75) is 71.4 Å². The number of amides is 2. The number of benzene rings is 1. The fourth-order valence-electron chi connectivity index (χ4n) is 3.05. The van der Waals surface area contributed by atoms with Gasteiger partial charge in [-0.15, -0.1) is 0 Å². The normalized spacial score (nSPS) is 11.0. The van der Waals surface area contributed by atoms with Crippen LogP contribution in [0.4, 0.5) is 16.2 Å². The minimum absolute atomic E-state index is 0.0555. The molecule has 1 heterocycles. The van der Waals surface area contributed by atoms with E-state index in [0.29, 0.717) is 30.8 Å². The number of hydrogen-bond donors (Lipinski definition) is 2. The second kappa shape index (κ2) is 12.6. The lowest BCUT2D eigenvalue weighted by Crippen LogP contribution is -2.27. The molecule has 2 amide bonds. The number of aromatic nitrogens is 2. The zero-order valence-corrected chi connectivity index (χ0v) is 19.8. The Bertz CT molecular complexity index is 916. The molecule has 180 valence electrons. The molecular weight excluding hydrogens is 424 g/mol. The molecule has 0 unspecified atom stereocenters. The van der Waals surface area contributed by atoms with E-state index >= 15 is 0 Å². The van der Waals surface area contributed by atoms with Crippen molar-refractivity contribution in [1.82, 2.24) is 9.78 Å². The van der Waals surface area contributed by atoms with Crippen LogP contribution in [0.3, 0.4) is 0 Å². The zero-order chi connectivity index (χ0) is 24.3. The first-order chi connectivity index (χ1) is 15.6. The fourth-order valence-corrected chi connectivity index (χ4v) is 3.05. The number of rotatable bonds is 11. The van der Waals surface area contributed by atoms with Crippen molar-refractivity contribution in [2.75, 3.05) is 17.7 Å². The number of carbonyl (C=O) groups excluding carboxylic acids is 3. The van der Waals surface area contributed by atoms with E-state index in [1.165, 1.54) is 7.11 Å². The van der Waals surface area contributed by atoms with E-state index in [4.69, 9.17) is 4.74 Å². The summed E-state index contributed by atoms with van der Waals surface area (Å²) < 4.78 is 11.6. The number of carbonyl (C=O) groups is 3. The summed E-state index contributed by atoms with van der Waals surface area (Å²) in [6.07, 6.45) is 7.08. The van der Waals surface area contributed by atoms with Crippen molar-refractivity contribution in [3.8, 4) is 0 Å². The standard InChI is InChI=1S/C24H34N4O5/c1-24(2,3)33-23(31)27-19-13-11-18(12-14-19)16-28-17-20(15-25-28)26-21(29)9-7-5-6-8-10-22(30)32-4/h11-15,17H,5-10,16H2,1-4H3,(H,26,29)(H,27,31). The van der Waals surface area contributed by atoms with Crippen molar-refractivity contribution in [3.05, 3.63) is 42.2 Å². The highest BCUT2D eigenvalue weighted by atomic mass is 16.6. The number of hydrogen-bond acceptors (Lipinski definition) is 6. The molecule has 0 aliphatic heterocycles. The Morgan fingerprint density at radius 2 is 1.61 bits per heavy atom. The highest BCUT2D eigenvalue weighted by Crippen LogP contribution is 2.15. The van der Waals surface area contributed by atoms with Gasteiger partial charge in [0.1, 0.15) is 5.60 Å². The SMILES string of the molecule is COC(=O)CCCCCCC(=O)Nc1cnn(Cc2ccc(NC(=O)OC(C)(C)C)cc2)c1. The van der Waals surface area contributed by atoms with Gasteiger partial charge in [0.2, 0.25) is 5.91 Å². The third kappa shape index (κ3) is 10.7. The van der Waals surface area contributed by atoms with Crippen LogP contribution < -0.4 is 10.6 Å². The Labute approximate surface area is 194 Å². The molecular formula is C24H34N4O5. The van der Waals surface area contributed by atoms with Crippen LogP contribution in [-0.4, -0.2) is 40.5 Å². The summed E-state index contributed by atoms with van der Waals surface area (Å²) in [5.41, 5.74) is 1.74. The van der Waals surface area contributed by atoms with Gasteiger partial charge in [0.25, 0.3) is 0 Å². The van der Waals surface area contributed by atoms with Crippen molar-refractivity contribution in [2.24, 2.45) is 0 Å². The Morgan fingerprint density at radius 3 is 2.24 bits per heavy atom. The molecule has 2 N–H and O–H groups in total. The molecule has 0 radical (unpaired) electrons. The maximum absolute atomic E-state index is 12.1. The zero-order valence-electron chi connectivity index (χ0n) is 19.8.